The van der Waals surface area contributed by atoms with Gasteiger partial charge in [0.25, 0.3) is 0 Å². The smallest absolute Gasteiger partial charge is 0.228 e. The maximum atomic E-state index is 13.3. The topological polar surface area (TPSA) is 42.0 Å². The molecule has 2 aliphatic rings. The number of nitrogens with zero attached hydrogens (tertiary/aromatic N) is 2. The molecule has 3 atom stereocenters. The molecule has 2 fully saturated rings. The summed E-state index contributed by atoms with van der Waals surface area (Å²) in [6, 6.07) is 16.9. The number of ether oxygens (including phenoxy) is 2. The lowest BCUT2D eigenvalue weighted by Crippen LogP contribution is -2.49. The molecule has 1 amide bonds. The van der Waals surface area contributed by atoms with Crippen LogP contribution in [0.3, 0.4) is 0 Å². The molecular formula is C27H36N2O3. The first-order valence-electron chi connectivity index (χ1n) is 11.6. The Bertz CT molecular complexity index is 952. The van der Waals surface area contributed by atoms with E-state index >= 15 is 0 Å². The van der Waals surface area contributed by atoms with Gasteiger partial charge in [-0.1, -0.05) is 51.1 Å². The molecule has 0 aromatic heterocycles. The van der Waals surface area contributed by atoms with E-state index in [4.69, 9.17) is 9.47 Å². The molecule has 2 aliphatic heterocycles. The van der Waals surface area contributed by atoms with Crippen molar-refractivity contribution in [3.05, 3.63) is 59.7 Å². The maximum Gasteiger partial charge on any atom is 0.228 e. The molecule has 172 valence electrons. The highest BCUT2D eigenvalue weighted by Gasteiger charge is 2.48. The maximum absolute atomic E-state index is 13.3. The number of carbonyl (C=O) groups is 1. The third-order valence-electron chi connectivity index (χ3n) is 7.03. The predicted molar refractivity (Wildman–Crippen MR) is 127 cm³/mol. The van der Waals surface area contributed by atoms with E-state index in [0.717, 1.165) is 44.1 Å². The van der Waals surface area contributed by atoms with Gasteiger partial charge in [0.15, 0.2) is 0 Å². The summed E-state index contributed by atoms with van der Waals surface area (Å²) in [5.41, 5.74) is 2.11. The molecule has 2 heterocycles. The summed E-state index contributed by atoms with van der Waals surface area (Å²) in [4.78, 5) is 18.0. The molecular weight excluding hydrogens is 400 g/mol. The van der Waals surface area contributed by atoms with Gasteiger partial charge >= 0.3 is 0 Å². The zero-order valence-corrected chi connectivity index (χ0v) is 20.0. The number of rotatable bonds is 5. The third-order valence-corrected chi connectivity index (χ3v) is 7.03. The molecule has 0 aliphatic carbocycles. The predicted octanol–water partition coefficient (Wildman–Crippen LogP) is 4.57. The average molecular weight is 437 g/mol. The van der Waals surface area contributed by atoms with E-state index in [0.29, 0.717) is 11.8 Å². The summed E-state index contributed by atoms with van der Waals surface area (Å²) >= 11 is 0. The van der Waals surface area contributed by atoms with Crippen molar-refractivity contribution in [1.82, 2.24) is 9.80 Å². The number of amides is 1. The summed E-state index contributed by atoms with van der Waals surface area (Å²) in [5.74, 6) is 2.78. The SMILES string of the molecule is COc1cccc([C@H]2CN(C(=O)C(C)(C)C)[C@@H]3CCN(Cc4ccccc4OC)C[C@H]23)c1. The largest absolute Gasteiger partial charge is 0.497 e. The molecule has 0 N–H and O–H groups in total. The fourth-order valence-electron chi connectivity index (χ4n) is 5.41. The second kappa shape index (κ2) is 9.14. The van der Waals surface area contributed by atoms with Gasteiger partial charge in [-0.2, -0.15) is 0 Å². The molecule has 5 heteroatoms. The Morgan fingerprint density at radius 3 is 2.53 bits per heavy atom. The number of likely N-dealkylation sites (tertiary alicyclic amines) is 2. The van der Waals surface area contributed by atoms with Crippen molar-refractivity contribution < 1.29 is 14.3 Å². The molecule has 0 bridgehead atoms. The van der Waals surface area contributed by atoms with Gasteiger partial charge in [0.05, 0.1) is 14.2 Å². The van der Waals surface area contributed by atoms with Crippen molar-refractivity contribution in [2.45, 2.75) is 45.7 Å². The molecule has 2 aromatic rings. The Morgan fingerprint density at radius 1 is 1.03 bits per heavy atom. The Kier molecular flexibility index (Phi) is 6.47. The highest BCUT2D eigenvalue weighted by molar-refractivity contribution is 5.82. The van der Waals surface area contributed by atoms with Crippen LogP contribution in [0.4, 0.5) is 0 Å². The highest BCUT2D eigenvalue weighted by Crippen LogP contribution is 2.44. The Hall–Kier alpha value is -2.53. The van der Waals surface area contributed by atoms with Gasteiger partial charge in [-0.25, -0.2) is 0 Å². The van der Waals surface area contributed by atoms with Crippen LogP contribution in [0.2, 0.25) is 0 Å². The van der Waals surface area contributed by atoms with Crippen molar-refractivity contribution in [2.24, 2.45) is 11.3 Å². The number of piperidine rings is 1. The summed E-state index contributed by atoms with van der Waals surface area (Å²) in [7, 11) is 3.44. The highest BCUT2D eigenvalue weighted by atomic mass is 16.5. The van der Waals surface area contributed by atoms with Gasteiger partial charge in [-0.3, -0.25) is 9.69 Å². The first kappa shape index (κ1) is 22.7. The molecule has 2 aromatic carbocycles. The Labute approximate surface area is 192 Å². The third kappa shape index (κ3) is 4.49. The van der Waals surface area contributed by atoms with Crippen molar-refractivity contribution in [3.8, 4) is 11.5 Å². The van der Waals surface area contributed by atoms with Crippen LogP contribution >= 0.6 is 0 Å². The monoisotopic (exact) mass is 436 g/mol. The molecule has 4 rings (SSSR count). The van der Waals surface area contributed by atoms with Gasteiger partial charge < -0.3 is 14.4 Å². The van der Waals surface area contributed by atoms with Crippen molar-refractivity contribution >= 4 is 5.91 Å². The number of para-hydroxylation sites is 1. The Morgan fingerprint density at radius 2 is 1.81 bits per heavy atom. The normalized spacial score (nSPS) is 23.7. The minimum absolute atomic E-state index is 0.260. The number of hydrogen-bond acceptors (Lipinski definition) is 4. The van der Waals surface area contributed by atoms with Gasteiger partial charge in [0.2, 0.25) is 5.91 Å². The van der Waals surface area contributed by atoms with E-state index in [1.165, 1.54) is 11.1 Å². The van der Waals surface area contributed by atoms with E-state index in [2.05, 4.69) is 40.1 Å². The first-order chi connectivity index (χ1) is 15.3. The van der Waals surface area contributed by atoms with Crippen LogP contribution in [0.1, 0.15) is 44.2 Å². The quantitative estimate of drug-likeness (QED) is 0.689. The number of benzene rings is 2. The van der Waals surface area contributed by atoms with Crippen LogP contribution in [0.15, 0.2) is 48.5 Å². The van der Waals surface area contributed by atoms with Crippen LogP contribution in [0, 0.1) is 11.3 Å². The molecule has 32 heavy (non-hydrogen) atoms. The second-order valence-electron chi connectivity index (χ2n) is 10.2. The van der Waals surface area contributed by atoms with E-state index in [1.54, 1.807) is 14.2 Å². The lowest BCUT2D eigenvalue weighted by molar-refractivity contribution is -0.141. The zero-order chi connectivity index (χ0) is 22.9. The van der Waals surface area contributed by atoms with Crippen LogP contribution in [0.25, 0.3) is 0 Å². The van der Waals surface area contributed by atoms with Crippen LogP contribution in [-0.4, -0.2) is 55.6 Å². The molecule has 0 radical (unpaired) electrons. The van der Waals surface area contributed by atoms with Crippen LogP contribution < -0.4 is 9.47 Å². The van der Waals surface area contributed by atoms with E-state index in [-0.39, 0.29) is 17.4 Å². The first-order valence-corrected chi connectivity index (χ1v) is 11.6. The number of hydrogen-bond donors (Lipinski definition) is 0. The van der Waals surface area contributed by atoms with Gasteiger partial charge in [-0.05, 0) is 30.2 Å². The summed E-state index contributed by atoms with van der Waals surface area (Å²) < 4.78 is 11.1. The lowest BCUT2D eigenvalue weighted by Gasteiger charge is -2.40. The summed E-state index contributed by atoms with van der Waals surface area (Å²) in [5, 5.41) is 0. The zero-order valence-electron chi connectivity index (χ0n) is 20.0. The second-order valence-corrected chi connectivity index (χ2v) is 10.2. The van der Waals surface area contributed by atoms with Gasteiger partial charge in [0, 0.05) is 55.0 Å². The number of carbonyl (C=O) groups excluding carboxylic acids is 1. The van der Waals surface area contributed by atoms with Crippen molar-refractivity contribution in [3.63, 3.8) is 0 Å². The fourth-order valence-corrected chi connectivity index (χ4v) is 5.41. The fraction of sp³-hybridized carbons (Fsp3) is 0.519. The molecule has 0 saturated carbocycles. The van der Waals surface area contributed by atoms with Crippen LogP contribution in [0.5, 0.6) is 11.5 Å². The van der Waals surface area contributed by atoms with Crippen molar-refractivity contribution in [1.29, 1.82) is 0 Å². The van der Waals surface area contributed by atoms with Gasteiger partial charge in [-0.15, -0.1) is 0 Å². The van der Waals surface area contributed by atoms with E-state index in [9.17, 15) is 4.79 Å². The molecule has 5 nitrogen and oxygen atoms in total. The standard InChI is InChI=1S/C27H36N2O3/c1-27(2,3)26(30)29-18-22(19-10-8-11-21(15-19)31-4)23-17-28(14-13-24(23)29)16-20-9-6-7-12-25(20)32-5/h6-12,15,22-24H,13-14,16-18H2,1-5H3/t22-,23-,24-/m1/s1. The molecule has 0 unspecified atom stereocenters. The van der Waals surface area contributed by atoms with Crippen LogP contribution in [-0.2, 0) is 11.3 Å². The Balaban J connectivity index is 1.61. The van der Waals surface area contributed by atoms with E-state index in [1.807, 2.05) is 39.0 Å². The van der Waals surface area contributed by atoms with Crippen molar-refractivity contribution in [2.75, 3.05) is 33.9 Å². The van der Waals surface area contributed by atoms with Gasteiger partial charge in [0.1, 0.15) is 11.5 Å². The minimum atomic E-state index is -0.373. The minimum Gasteiger partial charge on any atom is -0.497 e. The number of methoxy groups -OCH3 is 2. The lowest BCUT2D eigenvalue weighted by atomic mass is 9.81. The molecule has 2 saturated heterocycles. The van der Waals surface area contributed by atoms with E-state index < -0.39 is 0 Å². The number of fused-ring (bicyclic) bond motifs is 1. The summed E-state index contributed by atoms with van der Waals surface area (Å²) in [6.07, 6.45) is 1.00. The molecule has 0 spiro atoms. The summed E-state index contributed by atoms with van der Waals surface area (Å²) in [6.45, 7) is 9.68. The average Bonchev–Trinajstić information content (AvgIpc) is 3.17.